The third-order valence-corrected chi connectivity index (χ3v) is 4.64. The molecule has 0 saturated carbocycles. The lowest BCUT2D eigenvalue weighted by atomic mass is 10.2. The zero-order chi connectivity index (χ0) is 14.7. The van der Waals surface area contributed by atoms with Crippen LogP contribution in [0.3, 0.4) is 0 Å². The van der Waals surface area contributed by atoms with Gasteiger partial charge in [-0.3, -0.25) is 0 Å². The average molecular weight is 327 g/mol. The molecule has 1 aromatic heterocycles. The fourth-order valence-electron chi connectivity index (χ4n) is 1.73. The van der Waals surface area contributed by atoms with Crippen molar-refractivity contribution in [3.8, 4) is 0 Å². The highest BCUT2D eigenvalue weighted by molar-refractivity contribution is 7.99. The van der Waals surface area contributed by atoms with E-state index in [1.807, 2.05) is 6.92 Å². The Kier molecular flexibility index (Phi) is 5.19. The van der Waals surface area contributed by atoms with E-state index in [4.69, 9.17) is 23.2 Å². The van der Waals surface area contributed by atoms with Crippen LogP contribution in [0.1, 0.15) is 18.1 Å². The van der Waals surface area contributed by atoms with Crippen LogP contribution in [0.4, 0.5) is 5.82 Å². The number of rotatable bonds is 4. The third kappa shape index (κ3) is 3.60. The molecular weight excluding hydrogens is 311 g/mol. The van der Waals surface area contributed by atoms with Crippen LogP contribution in [0.25, 0.3) is 0 Å². The average Bonchev–Trinajstić information content (AvgIpc) is 2.39. The zero-order valence-corrected chi connectivity index (χ0v) is 14.0. The molecule has 5 heteroatoms. The molecule has 2 rings (SSSR count). The summed E-state index contributed by atoms with van der Waals surface area (Å²) in [5.74, 6) is 0.673. The van der Waals surface area contributed by atoms with Gasteiger partial charge in [-0.15, -0.1) is 0 Å². The minimum atomic E-state index is 0.544. The molecule has 0 aliphatic rings. The van der Waals surface area contributed by atoms with Crippen LogP contribution in [-0.2, 0) is 0 Å². The quantitative estimate of drug-likeness (QED) is 0.792. The first kappa shape index (κ1) is 15.5. The van der Waals surface area contributed by atoms with Crippen molar-refractivity contribution in [1.29, 1.82) is 0 Å². The molecule has 0 bridgehead atoms. The Morgan fingerprint density at radius 3 is 2.60 bits per heavy atom. The van der Waals surface area contributed by atoms with Crippen molar-refractivity contribution in [2.75, 3.05) is 11.9 Å². The van der Waals surface area contributed by atoms with E-state index in [1.165, 1.54) is 11.1 Å². The largest absolute Gasteiger partial charge is 0.369 e. The van der Waals surface area contributed by atoms with Crippen molar-refractivity contribution in [3.63, 3.8) is 0 Å². The van der Waals surface area contributed by atoms with Gasteiger partial charge in [-0.2, -0.15) is 0 Å². The van der Waals surface area contributed by atoms with E-state index in [9.17, 15) is 0 Å². The summed E-state index contributed by atoms with van der Waals surface area (Å²) < 4.78 is 0. The van der Waals surface area contributed by atoms with Crippen LogP contribution in [0.5, 0.6) is 0 Å². The fourth-order valence-corrected chi connectivity index (χ4v) is 3.25. The number of hydrogen-bond acceptors (Lipinski definition) is 3. The summed E-state index contributed by atoms with van der Waals surface area (Å²) in [6.07, 6.45) is 0. The lowest BCUT2D eigenvalue weighted by Gasteiger charge is -2.11. The van der Waals surface area contributed by atoms with Gasteiger partial charge in [-0.25, -0.2) is 4.98 Å². The normalized spacial score (nSPS) is 10.7. The summed E-state index contributed by atoms with van der Waals surface area (Å²) in [4.78, 5) is 5.67. The molecule has 0 radical (unpaired) electrons. The summed E-state index contributed by atoms with van der Waals surface area (Å²) >= 11 is 13.9. The summed E-state index contributed by atoms with van der Waals surface area (Å²) in [5.41, 5.74) is 2.42. The maximum absolute atomic E-state index is 6.25. The van der Waals surface area contributed by atoms with Gasteiger partial charge >= 0.3 is 0 Å². The first-order valence-corrected chi connectivity index (χ1v) is 7.93. The van der Waals surface area contributed by atoms with Crippen LogP contribution in [0.15, 0.2) is 34.2 Å². The Balaban J connectivity index is 2.37. The Bertz CT molecular complexity index is 630. The summed E-state index contributed by atoms with van der Waals surface area (Å²) in [6, 6.07) is 8.08. The lowest BCUT2D eigenvalue weighted by Crippen LogP contribution is -2.01. The SMILES string of the molecule is CCNc1nc(Sc2cc(C)ccc2C)c(Cl)cc1Cl. The van der Waals surface area contributed by atoms with E-state index in [-0.39, 0.29) is 0 Å². The molecule has 20 heavy (non-hydrogen) atoms. The van der Waals surface area contributed by atoms with Gasteiger partial charge in [0.1, 0.15) is 10.8 Å². The van der Waals surface area contributed by atoms with E-state index in [0.29, 0.717) is 15.9 Å². The third-order valence-electron chi connectivity index (χ3n) is 2.79. The molecule has 0 aliphatic heterocycles. The minimum Gasteiger partial charge on any atom is -0.369 e. The van der Waals surface area contributed by atoms with Crippen molar-refractivity contribution in [3.05, 3.63) is 45.4 Å². The van der Waals surface area contributed by atoms with Crippen LogP contribution in [0, 0.1) is 13.8 Å². The van der Waals surface area contributed by atoms with Gasteiger partial charge in [-0.1, -0.05) is 47.1 Å². The molecule has 0 unspecified atom stereocenters. The van der Waals surface area contributed by atoms with Crippen molar-refractivity contribution in [1.82, 2.24) is 4.98 Å². The monoisotopic (exact) mass is 326 g/mol. The molecule has 0 fully saturated rings. The number of nitrogens with one attached hydrogen (secondary N) is 1. The molecule has 106 valence electrons. The standard InChI is InChI=1S/C15H16Cl2N2S/c1-4-18-14-11(16)8-12(17)15(19-14)20-13-7-9(2)5-6-10(13)3/h5-8H,4H2,1-3H3,(H,18,19). The van der Waals surface area contributed by atoms with Crippen molar-refractivity contribution in [2.45, 2.75) is 30.7 Å². The Hall–Kier alpha value is -0.900. The second kappa shape index (κ2) is 6.70. The van der Waals surface area contributed by atoms with E-state index in [2.05, 4.69) is 42.3 Å². The van der Waals surface area contributed by atoms with Gasteiger partial charge in [0.2, 0.25) is 0 Å². The van der Waals surface area contributed by atoms with E-state index >= 15 is 0 Å². The molecular formula is C15H16Cl2N2S. The molecule has 0 saturated heterocycles. The molecule has 1 aromatic carbocycles. The van der Waals surface area contributed by atoms with Crippen molar-refractivity contribution >= 4 is 40.8 Å². The first-order valence-electron chi connectivity index (χ1n) is 6.36. The highest BCUT2D eigenvalue weighted by Gasteiger charge is 2.11. The van der Waals surface area contributed by atoms with Crippen LogP contribution < -0.4 is 5.32 Å². The Labute approximate surface area is 133 Å². The van der Waals surface area contributed by atoms with Gasteiger partial charge in [0.05, 0.1) is 10.0 Å². The van der Waals surface area contributed by atoms with Crippen molar-refractivity contribution < 1.29 is 0 Å². The number of halogens is 2. The van der Waals surface area contributed by atoms with E-state index in [1.54, 1.807) is 17.8 Å². The van der Waals surface area contributed by atoms with E-state index in [0.717, 1.165) is 16.5 Å². The predicted octanol–water partition coefficient (Wildman–Crippen LogP) is 5.59. The molecule has 0 aliphatic carbocycles. The maximum Gasteiger partial charge on any atom is 0.146 e. The number of hydrogen-bond donors (Lipinski definition) is 1. The van der Waals surface area contributed by atoms with Crippen LogP contribution in [-0.4, -0.2) is 11.5 Å². The van der Waals surface area contributed by atoms with Gasteiger partial charge in [0.25, 0.3) is 0 Å². The molecule has 0 atom stereocenters. The number of nitrogens with zero attached hydrogens (tertiary/aromatic N) is 1. The highest BCUT2D eigenvalue weighted by Crippen LogP contribution is 2.37. The van der Waals surface area contributed by atoms with Gasteiger partial charge in [0, 0.05) is 11.4 Å². The first-order chi connectivity index (χ1) is 9.51. The van der Waals surface area contributed by atoms with Gasteiger partial charge in [-0.05, 0) is 44.0 Å². The predicted molar refractivity (Wildman–Crippen MR) is 88.5 cm³/mol. The number of benzene rings is 1. The zero-order valence-electron chi connectivity index (χ0n) is 11.6. The molecule has 0 amide bonds. The van der Waals surface area contributed by atoms with Crippen LogP contribution >= 0.6 is 35.0 Å². The molecule has 2 aromatic rings. The Morgan fingerprint density at radius 1 is 1.15 bits per heavy atom. The van der Waals surface area contributed by atoms with Gasteiger partial charge < -0.3 is 5.32 Å². The number of aryl methyl sites for hydroxylation is 2. The Morgan fingerprint density at radius 2 is 1.90 bits per heavy atom. The summed E-state index contributed by atoms with van der Waals surface area (Å²) in [7, 11) is 0. The molecule has 2 nitrogen and oxygen atoms in total. The minimum absolute atomic E-state index is 0.544. The maximum atomic E-state index is 6.25. The summed E-state index contributed by atoms with van der Waals surface area (Å²) in [5, 5.41) is 5.02. The van der Waals surface area contributed by atoms with Crippen molar-refractivity contribution in [2.24, 2.45) is 0 Å². The number of anilines is 1. The molecule has 0 spiro atoms. The van der Waals surface area contributed by atoms with E-state index < -0.39 is 0 Å². The molecule has 1 N–H and O–H groups in total. The fraction of sp³-hybridized carbons (Fsp3) is 0.267. The number of aromatic nitrogens is 1. The topological polar surface area (TPSA) is 24.9 Å². The summed E-state index contributed by atoms with van der Waals surface area (Å²) in [6.45, 7) is 6.92. The number of pyridine rings is 1. The lowest BCUT2D eigenvalue weighted by molar-refractivity contribution is 1.08. The second-order valence-corrected chi connectivity index (χ2v) is 6.35. The smallest absolute Gasteiger partial charge is 0.146 e. The second-order valence-electron chi connectivity index (χ2n) is 4.51. The van der Waals surface area contributed by atoms with Gasteiger partial charge in [0.15, 0.2) is 0 Å². The molecule has 1 heterocycles. The van der Waals surface area contributed by atoms with Crippen LogP contribution in [0.2, 0.25) is 10.0 Å². The highest BCUT2D eigenvalue weighted by atomic mass is 35.5.